The first-order chi connectivity index (χ1) is 4.88. The number of para-hydroxylation sites is 1. The van der Waals surface area contributed by atoms with Crippen LogP contribution < -0.4 is 5.63 Å². The molecule has 0 radical (unpaired) electrons. The molecular weight excluding hydrogens is 142 g/mol. The molecule has 2 rings (SSSR count). The summed E-state index contributed by atoms with van der Waals surface area (Å²) in [6, 6.07) is 7.15. The molecule has 0 spiro atoms. The molecule has 0 atom stereocenters. The predicted molar refractivity (Wildman–Crippen MR) is 43.6 cm³/mol. The third kappa shape index (κ3) is 1.05. The second-order valence-electron chi connectivity index (χ2n) is 2.04. The van der Waals surface area contributed by atoms with Gasteiger partial charge in [0.05, 0.1) is 10.9 Å². The molecule has 3 heteroatoms. The molecule has 0 saturated heterocycles. The number of hydrogen-bond acceptors (Lipinski definition) is 2. The number of fused-ring (bicyclic) bond motifs is 1. The van der Waals surface area contributed by atoms with Crippen LogP contribution in [0, 0.1) is 0 Å². The fourth-order valence-electron chi connectivity index (χ4n) is 0.906. The predicted octanol–water partition coefficient (Wildman–Crippen LogP) is 1.76. The summed E-state index contributed by atoms with van der Waals surface area (Å²) in [5.74, 6) is 0. The number of aromatic nitrogens is 1. The molecule has 0 aliphatic rings. The minimum Gasteiger partial charge on any atom is -0.338 e. The van der Waals surface area contributed by atoms with Gasteiger partial charge in [-0.15, -0.1) is 0 Å². The Balaban J connectivity index is 0.000000605. The van der Waals surface area contributed by atoms with Crippen LogP contribution in [-0.2, 0) is 0 Å². The highest BCUT2D eigenvalue weighted by Gasteiger charge is 1.97. The second-order valence-corrected chi connectivity index (χ2v) is 2.04. The summed E-state index contributed by atoms with van der Waals surface area (Å²) in [6.07, 6.45) is 0. The molecule has 2 aromatic rings. The molecule has 1 N–H and O–H groups in total. The van der Waals surface area contributed by atoms with Crippen LogP contribution in [0.5, 0.6) is 0 Å². The largest absolute Gasteiger partial charge is 0.365 e. The first kappa shape index (κ1) is 7.60. The summed E-state index contributed by atoms with van der Waals surface area (Å²) in [7, 11) is 0. The van der Waals surface area contributed by atoms with E-state index in [-0.39, 0.29) is 13.1 Å². The van der Waals surface area contributed by atoms with E-state index < -0.39 is 0 Å². The van der Waals surface area contributed by atoms with Crippen molar-refractivity contribution in [2.45, 2.75) is 7.43 Å². The van der Waals surface area contributed by atoms with Gasteiger partial charge in [0.15, 0.2) is 0 Å². The summed E-state index contributed by atoms with van der Waals surface area (Å²) in [5, 5.41) is 3.10. The molecule has 1 heterocycles. The van der Waals surface area contributed by atoms with Crippen LogP contribution in [0.25, 0.3) is 10.9 Å². The minimum absolute atomic E-state index is 0. The molecule has 11 heavy (non-hydrogen) atoms. The van der Waals surface area contributed by atoms with Crippen molar-refractivity contribution in [3.8, 4) is 0 Å². The highest BCUT2D eigenvalue weighted by atomic mass is 16.5. The van der Waals surface area contributed by atoms with Gasteiger partial charge in [0.2, 0.25) is 0 Å². The Hall–Kier alpha value is -1.51. The third-order valence-corrected chi connectivity index (χ3v) is 1.40. The SMILES string of the molecule is C.O=c1o[nH]c2ccccc12. The van der Waals surface area contributed by atoms with Crippen LogP contribution >= 0.6 is 0 Å². The number of H-pyrrole nitrogens is 1. The Morgan fingerprint density at radius 2 is 2.00 bits per heavy atom. The zero-order chi connectivity index (χ0) is 6.97. The number of benzene rings is 1. The Morgan fingerprint density at radius 1 is 1.27 bits per heavy atom. The summed E-state index contributed by atoms with van der Waals surface area (Å²) < 4.78 is 4.53. The van der Waals surface area contributed by atoms with Gasteiger partial charge in [-0.2, -0.15) is 0 Å². The van der Waals surface area contributed by atoms with Crippen molar-refractivity contribution in [2.24, 2.45) is 0 Å². The van der Waals surface area contributed by atoms with Crippen LogP contribution in [0.15, 0.2) is 33.6 Å². The van der Waals surface area contributed by atoms with Crippen LogP contribution in [0.2, 0.25) is 0 Å². The number of hydrogen-bond donors (Lipinski definition) is 1. The first-order valence-electron chi connectivity index (χ1n) is 2.94. The van der Waals surface area contributed by atoms with Gasteiger partial charge in [0, 0.05) is 0 Å². The fraction of sp³-hybridized carbons (Fsp3) is 0.125. The molecule has 0 unspecified atom stereocenters. The van der Waals surface area contributed by atoms with Crippen molar-refractivity contribution in [3.63, 3.8) is 0 Å². The monoisotopic (exact) mass is 151 g/mol. The van der Waals surface area contributed by atoms with Gasteiger partial charge in [-0.25, -0.2) is 9.95 Å². The minimum atomic E-state index is -0.310. The summed E-state index contributed by atoms with van der Waals surface area (Å²) in [5.41, 5.74) is 0.433. The van der Waals surface area contributed by atoms with Crippen molar-refractivity contribution in [3.05, 3.63) is 34.7 Å². The molecule has 1 aromatic carbocycles. The fourth-order valence-corrected chi connectivity index (χ4v) is 0.906. The zero-order valence-corrected chi connectivity index (χ0v) is 5.13. The van der Waals surface area contributed by atoms with E-state index in [0.717, 1.165) is 5.52 Å². The van der Waals surface area contributed by atoms with Crippen LogP contribution in [0.3, 0.4) is 0 Å². The van der Waals surface area contributed by atoms with Gasteiger partial charge in [0.1, 0.15) is 0 Å². The molecule has 58 valence electrons. The number of rotatable bonds is 0. The molecule has 0 saturated carbocycles. The summed E-state index contributed by atoms with van der Waals surface area (Å²) in [4.78, 5) is 10.8. The van der Waals surface area contributed by atoms with Gasteiger partial charge >= 0.3 is 5.63 Å². The van der Waals surface area contributed by atoms with Crippen molar-refractivity contribution < 1.29 is 4.52 Å². The molecule has 0 aliphatic carbocycles. The van der Waals surface area contributed by atoms with Gasteiger partial charge in [-0.1, -0.05) is 19.6 Å². The molecule has 0 aliphatic heterocycles. The lowest BCUT2D eigenvalue weighted by Crippen LogP contribution is -1.89. The molecule has 0 amide bonds. The third-order valence-electron chi connectivity index (χ3n) is 1.40. The maximum Gasteiger partial charge on any atom is 0.365 e. The van der Waals surface area contributed by atoms with E-state index in [1.54, 1.807) is 18.2 Å². The Bertz CT molecular complexity index is 399. The van der Waals surface area contributed by atoms with Gasteiger partial charge in [0.25, 0.3) is 0 Å². The highest BCUT2D eigenvalue weighted by molar-refractivity contribution is 5.76. The van der Waals surface area contributed by atoms with Crippen LogP contribution in [0.1, 0.15) is 7.43 Å². The summed E-state index contributed by atoms with van der Waals surface area (Å²) in [6.45, 7) is 0. The van der Waals surface area contributed by atoms with Crippen LogP contribution in [-0.4, -0.2) is 5.16 Å². The maximum atomic E-state index is 10.8. The van der Waals surface area contributed by atoms with E-state index in [0.29, 0.717) is 5.39 Å². The quantitative estimate of drug-likeness (QED) is 0.623. The Kier molecular flexibility index (Phi) is 1.81. The molecule has 3 nitrogen and oxygen atoms in total. The molecule has 0 bridgehead atoms. The van der Waals surface area contributed by atoms with Crippen molar-refractivity contribution in [1.82, 2.24) is 5.16 Å². The number of aromatic amines is 1. The lowest BCUT2D eigenvalue weighted by atomic mass is 10.3. The average molecular weight is 151 g/mol. The van der Waals surface area contributed by atoms with E-state index in [9.17, 15) is 4.79 Å². The topological polar surface area (TPSA) is 46.0 Å². The Morgan fingerprint density at radius 3 is 2.73 bits per heavy atom. The smallest absolute Gasteiger partial charge is 0.338 e. The zero-order valence-electron chi connectivity index (χ0n) is 5.13. The molecule has 1 aromatic heterocycles. The lowest BCUT2D eigenvalue weighted by molar-refractivity contribution is 0.400. The number of nitrogens with one attached hydrogen (secondary N) is 1. The average Bonchev–Trinajstić information content (AvgIpc) is 2.34. The van der Waals surface area contributed by atoms with Crippen LogP contribution in [0.4, 0.5) is 0 Å². The van der Waals surface area contributed by atoms with Gasteiger partial charge in [-0.05, 0) is 12.1 Å². The van der Waals surface area contributed by atoms with E-state index in [4.69, 9.17) is 0 Å². The maximum absolute atomic E-state index is 10.8. The highest BCUT2D eigenvalue weighted by Crippen LogP contribution is 2.04. The lowest BCUT2D eigenvalue weighted by Gasteiger charge is -1.79. The van der Waals surface area contributed by atoms with E-state index in [2.05, 4.69) is 9.68 Å². The Labute approximate surface area is 63.6 Å². The van der Waals surface area contributed by atoms with Crippen molar-refractivity contribution in [1.29, 1.82) is 0 Å². The molecular formula is C8H9NO2. The van der Waals surface area contributed by atoms with Crippen molar-refractivity contribution in [2.75, 3.05) is 0 Å². The first-order valence-corrected chi connectivity index (χ1v) is 2.94. The standard InChI is InChI=1S/C7H5NO2.CH4/c9-7-5-3-1-2-4-6(5)8-10-7;/h1-4,8H;1H4. The van der Waals surface area contributed by atoms with E-state index in [1.165, 1.54) is 0 Å². The normalized spacial score (nSPS) is 9.45. The van der Waals surface area contributed by atoms with Crippen molar-refractivity contribution >= 4 is 10.9 Å². The van der Waals surface area contributed by atoms with Gasteiger partial charge < -0.3 is 4.52 Å². The summed E-state index contributed by atoms with van der Waals surface area (Å²) >= 11 is 0. The second kappa shape index (κ2) is 2.62. The van der Waals surface area contributed by atoms with E-state index in [1.807, 2.05) is 6.07 Å². The molecule has 0 fully saturated rings. The van der Waals surface area contributed by atoms with Gasteiger partial charge in [-0.3, -0.25) is 0 Å². The van der Waals surface area contributed by atoms with E-state index >= 15 is 0 Å².